The fourth-order valence-electron chi connectivity index (χ4n) is 1.85. The Kier molecular flexibility index (Phi) is 3.36. The summed E-state index contributed by atoms with van der Waals surface area (Å²) in [5, 5.41) is 0. The minimum atomic E-state index is -0.980. The summed E-state index contributed by atoms with van der Waals surface area (Å²) in [6, 6.07) is 1.58. The Morgan fingerprint density at radius 1 is 1.40 bits per heavy atom. The van der Waals surface area contributed by atoms with Crippen molar-refractivity contribution in [3.8, 4) is 0 Å². The molecule has 0 aliphatic heterocycles. The third kappa shape index (κ3) is 2.21. The molecule has 2 rings (SSSR count). The summed E-state index contributed by atoms with van der Waals surface area (Å²) in [6.07, 6.45) is 4.17. The molecule has 4 heteroatoms. The molecule has 0 saturated carbocycles. The van der Waals surface area contributed by atoms with Crippen LogP contribution in [-0.2, 0) is 23.6 Å². The molecule has 0 aromatic carbocycles. The van der Waals surface area contributed by atoms with Crippen molar-refractivity contribution in [3.05, 3.63) is 26.7 Å². The van der Waals surface area contributed by atoms with Crippen molar-refractivity contribution in [1.29, 1.82) is 0 Å². The first kappa shape index (κ1) is 11.0. The highest BCUT2D eigenvalue weighted by molar-refractivity contribution is 7.87. The fourth-order valence-corrected chi connectivity index (χ4v) is 4.38. The highest BCUT2D eigenvalue weighted by atomic mass is 32.2. The van der Waals surface area contributed by atoms with Gasteiger partial charge >= 0.3 is 0 Å². The molecule has 0 radical (unpaired) electrons. The van der Waals surface area contributed by atoms with Crippen LogP contribution in [0, 0.1) is 0 Å². The van der Waals surface area contributed by atoms with Gasteiger partial charge < -0.3 is 0 Å². The maximum atomic E-state index is 11.8. The van der Waals surface area contributed by atoms with Crippen LogP contribution in [0.15, 0.2) is 15.1 Å². The third-order valence-corrected chi connectivity index (χ3v) is 5.59. The van der Waals surface area contributed by atoms with Gasteiger partial charge in [0.1, 0.15) is 0 Å². The first-order chi connectivity index (χ1) is 7.22. The van der Waals surface area contributed by atoms with Crippen LogP contribution < -0.4 is 5.43 Å². The molecule has 15 heavy (non-hydrogen) atoms. The third-order valence-electron chi connectivity index (χ3n) is 2.67. The van der Waals surface area contributed by atoms with Gasteiger partial charge in [-0.2, -0.15) is 0 Å². The highest BCUT2D eigenvalue weighted by Crippen LogP contribution is 2.25. The van der Waals surface area contributed by atoms with Crippen molar-refractivity contribution in [2.45, 2.75) is 36.8 Å². The van der Waals surface area contributed by atoms with Crippen molar-refractivity contribution in [2.24, 2.45) is 0 Å². The van der Waals surface area contributed by atoms with Crippen molar-refractivity contribution in [3.63, 3.8) is 0 Å². The topological polar surface area (TPSA) is 34.1 Å². The number of rotatable bonds is 2. The van der Waals surface area contributed by atoms with Gasteiger partial charge in [0.05, 0.1) is 15.0 Å². The van der Waals surface area contributed by atoms with E-state index in [9.17, 15) is 9.00 Å². The van der Waals surface area contributed by atoms with Gasteiger partial charge in [0, 0.05) is 22.3 Å². The molecule has 1 unspecified atom stereocenters. The predicted molar refractivity (Wildman–Crippen MR) is 64.2 cm³/mol. The summed E-state index contributed by atoms with van der Waals surface area (Å²) in [4.78, 5) is 12.9. The normalized spacial score (nSPS) is 17.1. The van der Waals surface area contributed by atoms with Crippen LogP contribution in [-0.4, -0.2) is 9.96 Å². The molecule has 1 atom stereocenters. The molecule has 0 saturated heterocycles. The van der Waals surface area contributed by atoms with Crippen LogP contribution in [0.5, 0.6) is 0 Å². The molecule has 0 N–H and O–H groups in total. The quantitative estimate of drug-likeness (QED) is 0.796. The summed E-state index contributed by atoms with van der Waals surface area (Å²) in [6.45, 7) is 1.88. The molecule has 1 heterocycles. The number of hydrogen-bond acceptors (Lipinski definition) is 3. The second kappa shape index (κ2) is 4.58. The van der Waals surface area contributed by atoms with Crippen molar-refractivity contribution in [1.82, 2.24) is 0 Å². The number of hydrogen-bond donors (Lipinski definition) is 0. The Hall–Kier alpha value is -0.480. The molecular weight excluding hydrogens is 228 g/mol. The average Bonchev–Trinajstić information content (AvgIpc) is 2.28. The van der Waals surface area contributed by atoms with E-state index < -0.39 is 10.8 Å². The van der Waals surface area contributed by atoms with Gasteiger partial charge in [-0.25, -0.2) is 0 Å². The molecule has 1 aromatic heterocycles. The van der Waals surface area contributed by atoms with E-state index in [1.807, 2.05) is 6.92 Å². The molecular formula is C11H14O2S2. The lowest BCUT2D eigenvalue weighted by Gasteiger charge is -2.14. The lowest BCUT2D eigenvalue weighted by Crippen LogP contribution is -2.15. The SMILES string of the molecule is CCS(=O)c1cc(=O)c2c(s1)CCCC2. The second-order valence-electron chi connectivity index (χ2n) is 3.67. The Balaban J connectivity index is 2.50. The Morgan fingerprint density at radius 3 is 2.87 bits per heavy atom. The second-order valence-corrected chi connectivity index (χ2v) is 6.78. The minimum absolute atomic E-state index is 0.0975. The molecule has 0 fully saturated rings. The molecule has 0 amide bonds. The zero-order valence-electron chi connectivity index (χ0n) is 8.75. The maximum Gasteiger partial charge on any atom is 0.184 e. The van der Waals surface area contributed by atoms with Gasteiger partial charge in [-0.15, -0.1) is 11.3 Å². The summed E-state index contributed by atoms with van der Waals surface area (Å²) < 4.78 is 12.4. The molecule has 1 aliphatic carbocycles. The lowest BCUT2D eigenvalue weighted by atomic mass is 9.99. The number of fused-ring (bicyclic) bond motifs is 1. The summed E-state index contributed by atoms with van der Waals surface area (Å²) >= 11 is 1.57. The van der Waals surface area contributed by atoms with E-state index in [1.165, 1.54) is 4.88 Å². The van der Waals surface area contributed by atoms with Gasteiger partial charge in [0.2, 0.25) is 0 Å². The summed E-state index contributed by atoms with van der Waals surface area (Å²) in [5.74, 6) is 0.592. The lowest BCUT2D eigenvalue weighted by molar-refractivity contribution is 0.683. The smallest absolute Gasteiger partial charge is 0.184 e. The molecule has 1 aliphatic rings. The molecule has 82 valence electrons. The van der Waals surface area contributed by atoms with Gasteiger partial charge in [-0.05, 0) is 25.7 Å². The fraction of sp³-hybridized carbons (Fsp3) is 0.545. The van der Waals surface area contributed by atoms with Gasteiger partial charge in [0.15, 0.2) is 5.43 Å². The molecule has 0 spiro atoms. The Morgan fingerprint density at radius 2 is 2.13 bits per heavy atom. The van der Waals surface area contributed by atoms with Crippen LogP contribution in [0.2, 0.25) is 0 Å². The standard InChI is InChI=1S/C11H14O2S2/c1-2-15(13)11-7-9(12)8-5-3-4-6-10(8)14-11/h7H,2-6H2,1H3. The van der Waals surface area contributed by atoms with E-state index in [2.05, 4.69) is 0 Å². The monoisotopic (exact) mass is 242 g/mol. The molecule has 1 aromatic rings. The van der Waals surface area contributed by atoms with Gasteiger partial charge in [0.25, 0.3) is 0 Å². The first-order valence-electron chi connectivity index (χ1n) is 5.26. The van der Waals surface area contributed by atoms with Crippen LogP contribution in [0.4, 0.5) is 0 Å². The van der Waals surface area contributed by atoms with Crippen molar-refractivity contribution in [2.75, 3.05) is 5.75 Å². The highest BCUT2D eigenvalue weighted by Gasteiger charge is 2.16. The van der Waals surface area contributed by atoms with E-state index in [1.54, 1.807) is 17.4 Å². The Labute approximate surface area is 95.8 Å². The predicted octanol–water partition coefficient (Wildman–Crippen LogP) is 2.11. The van der Waals surface area contributed by atoms with E-state index in [0.717, 1.165) is 35.5 Å². The molecule has 0 bridgehead atoms. The van der Waals surface area contributed by atoms with Crippen LogP contribution in [0.25, 0.3) is 0 Å². The van der Waals surface area contributed by atoms with Crippen LogP contribution in [0.1, 0.15) is 30.2 Å². The van der Waals surface area contributed by atoms with Gasteiger partial charge in [-0.1, -0.05) is 6.92 Å². The zero-order chi connectivity index (χ0) is 10.8. The summed E-state index contributed by atoms with van der Waals surface area (Å²) in [5.41, 5.74) is 1.07. The first-order valence-corrected chi connectivity index (χ1v) is 7.40. The van der Waals surface area contributed by atoms with Crippen molar-refractivity contribution < 1.29 is 4.21 Å². The van der Waals surface area contributed by atoms with E-state index in [-0.39, 0.29) is 5.43 Å². The average molecular weight is 242 g/mol. The largest absolute Gasteiger partial charge is 0.290 e. The molecule has 2 nitrogen and oxygen atoms in total. The van der Waals surface area contributed by atoms with Crippen LogP contribution in [0.3, 0.4) is 0 Å². The van der Waals surface area contributed by atoms with Crippen LogP contribution >= 0.6 is 11.3 Å². The zero-order valence-corrected chi connectivity index (χ0v) is 10.4. The van der Waals surface area contributed by atoms with E-state index in [0.29, 0.717) is 5.75 Å². The maximum absolute atomic E-state index is 11.8. The Bertz CT molecular complexity index is 448. The van der Waals surface area contributed by atoms with E-state index >= 15 is 0 Å². The minimum Gasteiger partial charge on any atom is -0.290 e. The van der Waals surface area contributed by atoms with E-state index in [4.69, 9.17) is 0 Å². The van der Waals surface area contributed by atoms with Gasteiger partial charge in [-0.3, -0.25) is 9.00 Å². The van der Waals surface area contributed by atoms with Crippen molar-refractivity contribution >= 4 is 22.1 Å². The summed E-state index contributed by atoms with van der Waals surface area (Å²) in [7, 11) is -0.980. The number of aryl methyl sites for hydroxylation is 1.